The molecule has 1 rings (SSSR count). The molecule has 0 heterocycles. The highest BCUT2D eigenvalue weighted by Crippen LogP contribution is 2.23. The zero-order chi connectivity index (χ0) is 16.9. The lowest BCUT2D eigenvalue weighted by molar-refractivity contribution is 0.445. The summed E-state index contributed by atoms with van der Waals surface area (Å²) in [5, 5.41) is 0. The van der Waals surface area contributed by atoms with Gasteiger partial charge in [0.25, 0.3) is 0 Å². The third kappa shape index (κ3) is 8.54. The van der Waals surface area contributed by atoms with Crippen molar-refractivity contribution in [1.29, 1.82) is 0 Å². The second-order valence-corrected chi connectivity index (χ2v) is 6.16. The third-order valence-electron chi connectivity index (χ3n) is 4.22. The van der Waals surface area contributed by atoms with Gasteiger partial charge in [0.1, 0.15) is 5.83 Å². The zero-order valence-corrected chi connectivity index (χ0v) is 14.7. The summed E-state index contributed by atoms with van der Waals surface area (Å²) >= 11 is 0. The van der Waals surface area contributed by atoms with Crippen LogP contribution in [0.15, 0.2) is 72.2 Å². The van der Waals surface area contributed by atoms with Gasteiger partial charge in [-0.05, 0) is 42.9 Å². The summed E-state index contributed by atoms with van der Waals surface area (Å²) < 4.78 is 13.1. The van der Waals surface area contributed by atoms with Gasteiger partial charge in [0.2, 0.25) is 0 Å². The van der Waals surface area contributed by atoms with Gasteiger partial charge in [0.15, 0.2) is 0 Å². The van der Waals surface area contributed by atoms with Gasteiger partial charge in [0, 0.05) is 0 Å². The Labute approximate surface area is 141 Å². The van der Waals surface area contributed by atoms with E-state index in [-0.39, 0.29) is 5.83 Å². The van der Waals surface area contributed by atoms with Crippen LogP contribution < -0.4 is 0 Å². The molecule has 1 atom stereocenters. The van der Waals surface area contributed by atoms with Crippen LogP contribution >= 0.6 is 0 Å². The minimum absolute atomic E-state index is 0.158. The number of allylic oxidation sites excluding steroid dienone is 11. The zero-order valence-electron chi connectivity index (χ0n) is 14.7. The molecule has 0 saturated heterocycles. The Morgan fingerprint density at radius 2 is 2.13 bits per heavy atom. The smallest absolute Gasteiger partial charge is 0.119 e. The average Bonchev–Trinajstić information content (AvgIpc) is 2.76. The Balaban J connectivity index is 2.67. The molecule has 1 unspecified atom stereocenters. The SMILES string of the molecule is C=CC/C(=C\C=C\C1=CCC=C(F)C=C1)CC(CC)CCCC. The molecule has 126 valence electrons. The van der Waals surface area contributed by atoms with Crippen molar-refractivity contribution in [2.24, 2.45) is 5.92 Å². The molecule has 23 heavy (non-hydrogen) atoms. The molecule has 0 aromatic rings. The lowest BCUT2D eigenvalue weighted by atomic mass is 9.90. The van der Waals surface area contributed by atoms with E-state index in [1.165, 1.54) is 37.3 Å². The Kier molecular flexibility index (Phi) is 10.0. The first-order valence-electron chi connectivity index (χ1n) is 8.90. The third-order valence-corrected chi connectivity index (χ3v) is 4.22. The molecule has 0 N–H and O–H groups in total. The number of hydrogen-bond donors (Lipinski definition) is 0. The topological polar surface area (TPSA) is 0 Å². The highest BCUT2D eigenvalue weighted by Gasteiger charge is 2.07. The Morgan fingerprint density at radius 1 is 1.30 bits per heavy atom. The van der Waals surface area contributed by atoms with E-state index in [9.17, 15) is 4.39 Å². The van der Waals surface area contributed by atoms with E-state index in [1.54, 1.807) is 6.08 Å². The van der Waals surface area contributed by atoms with Gasteiger partial charge in [-0.3, -0.25) is 0 Å². The lowest BCUT2D eigenvalue weighted by Gasteiger charge is -2.15. The molecule has 1 aliphatic carbocycles. The Hall–Kier alpha value is -1.63. The highest BCUT2D eigenvalue weighted by atomic mass is 19.1. The van der Waals surface area contributed by atoms with Crippen LogP contribution in [0.2, 0.25) is 0 Å². The van der Waals surface area contributed by atoms with Crippen molar-refractivity contribution in [2.45, 2.75) is 58.8 Å². The molecule has 0 saturated carbocycles. The summed E-state index contributed by atoms with van der Waals surface area (Å²) in [6.07, 6.45) is 23.2. The maximum Gasteiger partial charge on any atom is 0.119 e. The minimum atomic E-state index is -0.158. The average molecular weight is 314 g/mol. The molecule has 0 aromatic heterocycles. The standard InChI is InChI=1S/C22H31F/c1-4-7-11-19(6-3)18-21(10-5-2)14-8-12-20-13-9-15-22(23)17-16-20/h5,8,12-17,19H,2,4,6-7,9-11,18H2,1,3H3/b12-8+,21-14+. The van der Waals surface area contributed by atoms with Crippen molar-refractivity contribution in [3.63, 3.8) is 0 Å². The van der Waals surface area contributed by atoms with Gasteiger partial charge >= 0.3 is 0 Å². The van der Waals surface area contributed by atoms with Gasteiger partial charge in [0.05, 0.1) is 0 Å². The van der Waals surface area contributed by atoms with E-state index >= 15 is 0 Å². The number of rotatable bonds is 10. The minimum Gasteiger partial charge on any atom is -0.207 e. The van der Waals surface area contributed by atoms with Gasteiger partial charge in [-0.25, -0.2) is 4.39 Å². The summed E-state index contributed by atoms with van der Waals surface area (Å²) in [6, 6.07) is 0. The largest absolute Gasteiger partial charge is 0.207 e. The van der Waals surface area contributed by atoms with Crippen molar-refractivity contribution < 1.29 is 4.39 Å². The quantitative estimate of drug-likeness (QED) is 0.291. The highest BCUT2D eigenvalue weighted by molar-refractivity contribution is 5.38. The Morgan fingerprint density at radius 3 is 2.83 bits per heavy atom. The summed E-state index contributed by atoms with van der Waals surface area (Å²) in [5.74, 6) is 0.610. The predicted octanol–water partition coefficient (Wildman–Crippen LogP) is 7.39. The molecule has 0 nitrogen and oxygen atoms in total. The van der Waals surface area contributed by atoms with E-state index in [0.29, 0.717) is 6.42 Å². The van der Waals surface area contributed by atoms with Crippen LogP contribution in [0.4, 0.5) is 4.39 Å². The van der Waals surface area contributed by atoms with Crippen molar-refractivity contribution in [2.75, 3.05) is 0 Å². The summed E-state index contributed by atoms with van der Waals surface area (Å²) in [4.78, 5) is 0. The fraction of sp³-hybridized carbons (Fsp3) is 0.455. The fourth-order valence-electron chi connectivity index (χ4n) is 2.76. The molecule has 0 spiro atoms. The predicted molar refractivity (Wildman–Crippen MR) is 101 cm³/mol. The molecular weight excluding hydrogens is 283 g/mol. The fourth-order valence-corrected chi connectivity index (χ4v) is 2.76. The van der Waals surface area contributed by atoms with Gasteiger partial charge in [-0.2, -0.15) is 0 Å². The number of hydrogen-bond acceptors (Lipinski definition) is 0. The van der Waals surface area contributed by atoms with Gasteiger partial charge < -0.3 is 0 Å². The van der Waals surface area contributed by atoms with Crippen LogP contribution in [0.5, 0.6) is 0 Å². The molecule has 0 aliphatic heterocycles. The van der Waals surface area contributed by atoms with Crippen molar-refractivity contribution >= 4 is 0 Å². The van der Waals surface area contributed by atoms with Crippen LogP contribution in [-0.2, 0) is 0 Å². The van der Waals surface area contributed by atoms with E-state index in [4.69, 9.17) is 0 Å². The maximum absolute atomic E-state index is 13.1. The Bertz CT molecular complexity index is 500. The molecule has 0 aromatic carbocycles. The van der Waals surface area contributed by atoms with Crippen LogP contribution in [0, 0.1) is 5.92 Å². The van der Waals surface area contributed by atoms with E-state index in [1.807, 2.05) is 18.2 Å². The van der Waals surface area contributed by atoms with E-state index < -0.39 is 0 Å². The second kappa shape index (κ2) is 11.9. The van der Waals surface area contributed by atoms with Gasteiger partial charge in [-0.15, -0.1) is 6.58 Å². The lowest BCUT2D eigenvalue weighted by Crippen LogP contribution is -2.00. The van der Waals surface area contributed by atoms with Crippen molar-refractivity contribution in [1.82, 2.24) is 0 Å². The van der Waals surface area contributed by atoms with Crippen LogP contribution in [-0.4, -0.2) is 0 Å². The van der Waals surface area contributed by atoms with E-state index in [0.717, 1.165) is 24.3 Å². The van der Waals surface area contributed by atoms with Crippen molar-refractivity contribution in [3.05, 3.63) is 72.2 Å². The second-order valence-electron chi connectivity index (χ2n) is 6.16. The van der Waals surface area contributed by atoms with Crippen LogP contribution in [0.25, 0.3) is 0 Å². The number of halogens is 1. The van der Waals surface area contributed by atoms with Crippen LogP contribution in [0.3, 0.4) is 0 Å². The molecule has 0 fully saturated rings. The first-order chi connectivity index (χ1) is 11.2. The monoisotopic (exact) mass is 314 g/mol. The molecule has 0 amide bonds. The summed E-state index contributed by atoms with van der Waals surface area (Å²) in [5.41, 5.74) is 2.49. The van der Waals surface area contributed by atoms with Crippen molar-refractivity contribution in [3.8, 4) is 0 Å². The molecule has 0 radical (unpaired) electrons. The molecular formula is C22H31F. The normalized spacial score (nSPS) is 16.9. The van der Waals surface area contributed by atoms with E-state index in [2.05, 4.69) is 38.7 Å². The molecule has 1 heteroatoms. The van der Waals surface area contributed by atoms with Crippen LogP contribution in [0.1, 0.15) is 58.8 Å². The first kappa shape index (κ1) is 19.4. The number of unbranched alkanes of at least 4 members (excludes halogenated alkanes) is 1. The summed E-state index contributed by atoms with van der Waals surface area (Å²) in [6.45, 7) is 8.41. The first-order valence-corrected chi connectivity index (χ1v) is 8.90. The molecule has 0 bridgehead atoms. The van der Waals surface area contributed by atoms with Gasteiger partial charge in [-0.1, -0.05) is 81.6 Å². The summed E-state index contributed by atoms with van der Waals surface area (Å²) in [7, 11) is 0. The molecule has 1 aliphatic rings. The maximum atomic E-state index is 13.1.